The van der Waals surface area contributed by atoms with Crippen molar-refractivity contribution in [2.24, 2.45) is 11.8 Å². The summed E-state index contributed by atoms with van der Waals surface area (Å²) in [5, 5.41) is 12.2. The summed E-state index contributed by atoms with van der Waals surface area (Å²) in [6.07, 6.45) is -0.639. The van der Waals surface area contributed by atoms with Crippen LogP contribution in [0.15, 0.2) is 48.5 Å². The Morgan fingerprint density at radius 1 is 1.09 bits per heavy atom. The van der Waals surface area contributed by atoms with E-state index in [9.17, 15) is 19.5 Å². The second-order valence-electron chi connectivity index (χ2n) is 9.02. The lowest BCUT2D eigenvalue weighted by Gasteiger charge is -2.15. The number of hydrogen-bond acceptors (Lipinski definition) is 6. The van der Waals surface area contributed by atoms with Gasteiger partial charge in [-0.1, -0.05) is 66.8 Å². The molecule has 2 aliphatic rings. The van der Waals surface area contributed by atoms with Gasteiger partial charge in [-0.3, -0.25) is 14.9 Å². The van der Waals surface area contributed by atoms with Crippen molar-refractivity contribution in [2.45, 2.75) is 19.8 Å². The summed E-state index contributed by atoms with van der Waals surface area (Å²) in [4.78, 5) is 43.2. The highest BCUT2D eigenvalue weighted by Crippen LogP contribution is 2.44. The fraction of sp³-hybridized carbons (Fsp3) is 0.308. The Morgan fingerprint density at radius 2 is 1.71 bits per heavy atom. The molecular formula is C26H25N3O5S. The summed E-state index contributed by atoms with van der Waals surface area (Å²) in [7, 11) is 0. The molecule has 0 radical (unpaired) electrons. The number of aryl methyl sites for hydroxylation is 1. The van der Waals surface area contributed by atoms with Crippen LogP contribution in [-0.2, 0) is 9.53 Å². The third-order valence-corrected chi connectivity index (χ3v) is 7.82. The number of carboxylic acid groups (broad SMARTS) is 1. The van der Waals surface area contributed by atoms with E-state index in [1.807, 2.05) is 31.2 Å². The molecule has 3 aromatic rings. The van der Waals surface area contributed by atoms with Gasteiger partial charge in [0.2, 0.25) is 0 Å². The zero-order valence-corrected chi connectivity index (χ0v) is 20.2. The summed E-state index contributed by atoms with van der Waals surface area (Å²) in [5.74, 6) is -1.92. The Labute approximate surface area is 206 Å². The summed E-state index contributed by atoms with van der Waals surface area (Å²) < 4.78 is 5.56. The number of carbonyl (C=O) groups is 3. The van der Waals surface area contributed by atoms with E-state index in [2.05, 4.69) is 34.6 Å². The van der Waals surface area contributed by atoms with Crippen LogP contribution in [0.4, 0.5) is 9.93 Å². The van der Waals surface area contributed by atoms with Gasteiger partial charge in [0.25, 0.3) is 5.91 Å². The number of amides is 2. The van der Waals surface area contributed by atoms with Crippen LogP contribution >= 0.6 is 11.3 Å². The van der Waals surface area contributed by atoms with Crippen LogP contribution < -0.4 is 5.32 Å². The number of rotatable bonds is 5. The molecule has 1 aromatic heterocycles. The van der Waals surface area contributed by atoms with Crippen molar-refractivity contribution in [3.63, 3.8) is 0 Å². The van der Waals surface area contributed by atoms with Gasteiger partial charge in [-0.15, -0.1) is 0 Å². The minimum Gasteiger partial charge on any atom is -0.481 e. The number of aromatic nitrogens is 1. The zero-order chi connectivity index (χ0) is 24.7. The van der Waals surface area contributed by atoms with Gasteiger partial charge in [0.1, 0.15) is 11.5 Å². The monoisotopic (exact) mass is 491 g/mol. The number of fused-ring (bicyclic) bond motifs is 3. The molecule has 2 amide bonds. The van der Waals surface area contributed by atoms with E-state index in [1.54, 1.807) is 11.8 Å². The highest BCUT2D eigenvalue weighted by Gasteiger charge is 2.38. The molecule has 2 aromatic carbocycles. The number of nitrogens with zero attached hydrogens (tertiary/aromatic N) is 2. The van der Waals surface area contributed by atoms with Crippen molar-refractivity contribution < 1.29 is 24.2 Å². The molecule has 2 unspecified atom stereocenters. The summed E-state index contributed by atoms with van der Waals surface area (Å²) in [5.41, 5.74) is 5.03. The van der Waals surface area contributed by atoms with E-state index >= 15 is 0 Å². The van der Waals surface area contributed by atoms with E-state index in [1.165, 1.54) is 0 Å². The third kappa shape index (κ3) is 4.27. The first-order chi connectivity index (χ1) is 16.8. The molecule has 9 heteroatoms. The predicted molar refractivity (Wildman–Crippen MR) is 132 cm³/mol. The maximum Gasteiger partial charge on any atom is 0.413 e. The first kappa shape index (κ1) is 23.0. The van der Waals surface area contributed by atoms with Crippen LogP contribution in [-0.4, -0.2) is 52.7 Å². The Bertz CT molecular complexity index is 1270. The van der Waals surface area contributed by atoms with Crippen molar-refractivity contribution in [1.29, 1.82) is 0 Å². The van der Waals surface area contributed by atoms with Crippen molar-refractivity contribution >= 4 is 34.4 Å². The molecule has 0 saturated carbocycles. The SMILES string of the molecule is Cc1nc(NC(=O)OCC2c3ccccc3-c3ccccc32)sc1C(=O)N1CC(C)C(C(=O)O)C1. The molecule has 180 valence electrons. The van der Waals surface area contributed by atoms with Gasteiger partial charge in [-0.25, -0.2) is 9.78 Å². The smallest absolute Gasteiger partial charge is 0.413 e. The van der Waals surface area contributed by atoms with Gasteiger partial charge in [0.05, 0.1) is 11.6 Å². The number of benzene rings is 2. The molecule has 0 bridgehead atoms. The fourth-order valence-electron chi connectivity index (χ4n) is 4.97. The Hall–Kier alpha value is -3.72. The normalized spacial score (nSPS) is 18.7. The molecule has 35 heavy (non-hydrogen) atoms. The van der Waals surface area contributed by atoms with E-state index in [0.717, 1.165) is 33.6 Å². The molecule has 1 saturated heterocycles. The van der Waals surface area contributed by atoms with Crippen LogP contribution in [0.25, 0.3) is 11.1 Å². The van der Waals surface area contributed by atoms with Crippen molar-refractivity contribution in [1.82, 2.24) is 9.88 Å². The van der Waals surface area contributed by atoms with Crippen LogP contribution in [0.2, 0.25) is 0 Å². The number of ether oxygens (including phenoxy) is 1. The number of anilines is 1. The molecule has 1 fully saturated rings. The molecule has 1 aliphatic carbocycles. The van der Waals surface area contributed by atoms with Gasteiger partial charge >= 0.3 is 12.1 Å². The number of carboxylic acids is 1. The summed E-state index contributed by atoms with van der Waals surface area (Å²) in [6, 6.07) is 16.2. The van der Waals surface area contributed by atoms with Crippen molar-refractivity contribution in [3.8, 4) is 11.1 Å². The number of nitrogens with one attached hydrogen (secondary N) is 1. The number of aliphatic carboxylic acids is 1. The van der Waals surface area contributed by atoms with Gasteiger partial charge < -0.3 is 14.7 Å². The topological polar surface area (TPSA) is 109 Å². The van der Waals surface area contributed by atoms with E-state index in [4.69, 9.17) is 4.74 Å². The van der Waals surface area contributed by atoms with Crippen LogP contribution in [0.3, 0.4) is 0 Å². The minimum atomic E-state index is -0.897. The fourth-order valence-corrected chi connectivity index (χ4v) is 5.89. The van der Waals surface area contributed by atoms with E-state index < -0.39 is 18.0 Å². The second-order valence-corrected chi connectivity index (χ2v) is 10.0. The van der Waals surface area contributed by atoms with Crippen LogP contribution in [0, 0.1) is 18.8 Å². The lowest BCUT2D eigenvalue weighted by Crippen LogP contribution is -2.29. The molecule has 2 N–H and O–H groups in total. The standard InChI is InChI=1S/C26H25N3O5S/c1-14-11-29(12-20(14)24(31)32)23(30)22-15(2)27-25(35-22)28-26(33)34-13-21-18-9-5-3-7-16(18)17-8-4-6-10-19(17)21/h3-10,14,20-21H,11-13H2,1-2H3,(H,31,32)(H,27,28,33). The van der Waals surface area contributed by atoms with Gasteiger partial charge in [-0.2, -0.15) is 0 Å². The molecule has 2 atom stereocenters. The third-order valence-electron chi connectivity index (χ3n) is 6.76. The Kier molecular flexibility index (Phi) is 6.02. The van der Waals surface area contributed by atoms with E-state index in [0.29, 0.717) is 17.1 Å². The molecule has 1 aliphatic heterocycles. The Morgan fingerprint density at radius 3 is 2.31 bits per heavy atom. The number of thiazole rings is 1. The van der Waals surface area contributed by atoms with Crippen LogP contribution in [0.5, 0.6) is 0 Å². The average molecular weight is 492 g/mol. The van der Waals surface area contributed by atoms with Crippen molar-refractivity contribution in [2.75, 3.05) is 25.0 Å². The summed E-state index contributed by atoms with van der Waals surface area (Å²) in [6.45, 7) is 4.25. The Balaban J connectivity index is 1.24. The molecular weight excluding hydrogens is 466 g/mol. The maximum atomic E-state index is 13.0. The molecule has 2 heterocycles. The first-order valence-electron chi connectivity index (χ1n) is 11.4. The van der Waals surface area contributed by atoms with Crippen molar-refractivity contribution in [3.05, 3.63) is 70.2 Å². The average Bonchev–Trinajstić information content (AvgIpc) is 3.50. The molecule has 0 spiro atoms. The second kappa shape index (κ2) is 9.14. The summed E-state index contributed by atoms with van der Waals surface area (Å²) >= 11 is 1.07. The first-order valence-corrected chi connectivity index (χ1v) is 12.3. The van der Waals surface area contributed by atoms with Gasteiger partial charge in [0.15, 0.2) is 5.13 Å². The molecule has 5 rings (SSSR count). The van der Waals surface area contributed by atoms with Crippen LogP contribution in [0.1, 0.15) is 39.3 Å². The lowest BCUT2D eigenvalue weighted by molar-refractivity contribution is -0.142. The predicted octanol–water partition coefficient (Wildman–Crippen LogP) is 4.61. The van der Waals surface area contributed by atoms with Gasteiger partial charge in [0, 0.05) is 19.0 Å². The number of hydrogen-bond donors (Lipinski definition) is 2. The maximum absolute atomic E-state index is 13.0. The highest BCUT2D eigenvalue weighted by atomic mass is 32.1. The highest BCUT2D eigenvalue weighted by molar-refractivity contribution is 7.17. The van der Waals surface area contributed by atoms with Gasteiger partial charge in [-0.05, 0) is 35.1 Å². The number of likely N-dealkylation sites (tertiary alicyclic amines) is 1. The largest absolute Gasteiger partial charge is 0.481 e. The lowest BCUT2D eigenvalue weighted by atomic mass is 9.98. The number of carbonyl (C=O) groups excluding carboxylic acids is 2. The quantitative estimate of drug-likeness (QED) is 0.540. The zero-order valence-electron chi connectivity index (χ0n) is 19.4. The van der Waals surface area contributed by atoms with E-state index in [-0.39, 0.29) is 36.0 Å². The molecule has 8 nitrogen and oxygen atoms in total. The minimum absolute atomic E-state index is 0.0531.